The highest BCUT2D eigenvalue weighted by Crippen LogP contribution is 2.46. The number of nitrogens with zero attached hydrogens (tertiary/aromatic N) is 3. The topological polar surface area (TPSA) is 59.8 Å². The van der Waals surface area contributed by atoms with Crippen molar-refractivity contribution in [3.63, 3.8) is 0 Å². The number of rotatable bonds is 2. The summed E-state index contributed by atoms with van der Waals surface area (Å²) in [6.07, 6.45) is 5.78. The lowest BCUT2D eigenvalue weighted by molar-refractivity contribution is -0.116. The number of halogens is 1. The van der Waals surface area contributed by atoms with Gasteiger partial charge >= 0.3 is 0 Å². The SMILES string of the molecule is Cc1nn(-c2ccc(F)cc2)c2c1C(c1cccnc1)C1=C(CCCC1=O)N2. The number of aromatic nitrogens is 3. The summed E-state index contributed by atoms with van der Waals surface area (Å²) in [4.78, 5) is 17.1. The van der Waals surface area contributed by atoms with Crippen LogP contribution in [0.1, 0.15) is 42.0 Å². The van der Waals surface area contributed by atoms with Crippen molar-refractivity contribution >= 4 is 11.6 Å². The van der Waals surface area contributed by atoms with Crippen LogP contribution < -0.4 is 5.32 Å². The van der Waals surface area contributed by atoms with Gasteiger partial charge in [-0.25, -0.2) is 9.07 Å². The molecule has 140 valence electrons. The fourth-order valence-electron chi connectivity index (χ4n) is 4.27. The van der Waals surface area contributed by atoms with Crippen LogP contribution in [0.25, 0.3) is 5.69 Å². The Labute approximate surface area is 161 Å². The number of Topliss-reactive ketones (excluding diaryl/α,β-unsaturated/α-hetero) is 1. The van der Waals surface area contributed by atoms with Gasteiger partial charge in [0, 0.05) is 41.6 Å². The molecule has 6 heteroatoms. The maximum Gasteiger partial charge on any atom is 0.161 e. The number of benzene rings is 1. The number of carbonyl (C=O) groups excluding carboxylic acids is 1. The van der Waals surface area contributed by atoms with Gasteiger partial charge in [0.1, 0.15) is 11.6 Å². The van der Waals surface area contributed by atoms with Crippen molar-refractivity contribution in [1.82, 2.24) is 14.8 Å². The molecule has 0 fully saturated rings. The Bertz CT molecular complexity index is 1100. The van der Waals surface area contributed by atoms with Crippen LogP contribution >= 0.6 is 0 Å². The average Bonchev–Trinajstić information content (AvgIpc) is 3.04. The van der Waals surface area contributed by atoms with Crippen molar-refractivity contribution in [3.8, 4) is 5.69 Å². The van der Waals surface area contributed by atoms with E-state index in [9.17, 15) is 9.18 Å². The first-order valence-electron chi connectivity index (χ1n) is 9.42. The van der Waals surface area contributed by atoms with Gasteiger partial charge in [-0.1, -0.05) is 6.07 Å². The van der Waals surface area contributed by atoms with Gasteiger partial charge in [-0.15, -0.1) is 0 Å². The van der Waals surface area contributed by atoms with Crippen LogP contribution in [0.4, 0.5) is 10.2 Å². The molecule has 0 amide bonds. The number of ketones is 1. The smallest absolute Gasteiger partial charge is 0.161 e. The lowest BCUT2D eigenvalue weighted by Crippen LogP contribution is -2.27. The van der Waals surface area contributed by atoms with Crippen LogP contribution in [0.2, 0.25) is 0 Å². The Balaban J connectivity index is 1.74. The summed E-state index contributed by atoms with van der Waals surface area (Å²) in [5.74, 6) is 0.543. The van der Waals surface area contributed by atoms with Gasteiger partial charge in [-0.2, -0.15) is 5.10 Å². The van der Waals surface area contributed by atoms with E-state index in [1.165, 1.54) is 12.1 Å². The Kier molecular flexibility index (Phi) is 3.86. The second kappa shape index (κ2) is 6.41. The number of hydrogen-bond donors (Lipinski definition) is 1. The van der Waals surface area contributed by atoms with Crippen molar-refractivity contribution in [2.75, 3.05) is 5.32 Å². The molecule has 0 saturated heterocycles. The summed E-state index contributed by atoms with van der Waals surface area (Å²) >= 11 is 0. The monoisotopic (exact) mass is 374 g/mol. The number of hydrogen-bond acceptors (Lipinski definition) is 4. The molecule has 1 aliphatic heterocycles. The van der Waals surface area contributed by atoms with Crippen molar-refractivity contribution in [2.45, 2.75) is 32.1 Å². The zero-order chi connectivity index (χ0) is 19.3. The second-order valence-electron chi connectivity index (χ2n) is 7.25. The quantitative estimate of drug-likeness (QED) is 0.727. The van der Waals surface area contributed by atoms with E-state index in [0.717, 1.165) is 52.4 Å². The van der Waals surface area contributed by atoms with E-state index in [1.54, 1.807) is 23.0 Å². The largest absolute Gasteiger partial charge is 0.343 e. The predicted molar refractivity (Wildman–Crippen MR) is 104 cm³/mol. The molecule has 1 unspecified atom stereocenters. The third-order valence-electron chi connectivity index (χ3n) is 5.50. The molecule has 5 nitrogen and oxygen atoms in total. The number of anilines is 1. The van der Waals surface area contributed by atoms with Crippen LogP contribution in [0.15, 0.2) is 60.1 Å². The number of allylic oxidation sites excluding steroid dienone is 2. The summed E-state index contributed by atoms with van der Waals surface area (Å²) in [6, 6.07) is 10.2. The molecule has 3 aromatic rings. The van der Waals surface area contributed by atoms with E-state index < -0.39 is 0 Å². The van der Waals surface area contributed by atoms with Gasteiger partial charge in [0.05, 0.1) is 11.4 Å². The molecule has 0 bridgehead atoms. The average molecular weight is 374 g/mol. The normalized spacial score (nSPS) is 18.5. The van der Waals surface area contributed by atoms with Crippen LogP contribution in [-0.2, 0) is 4.79 Å². The van der Waals surface area contributed by atoms with Crippen LogP contribution in [-0.4, -0.2) is 20.5 Å². The molecule has 28 heavy (non-hydrogen) atoms. The third-order valence-corrected chi connectivity index (χ3v) is 5.50. The highest BCUT2D eigenvalue weighted by Gasteiger charge is 2.38. The first kappa shape index (κ1) is 16.9. The minimum Gasteiger partial charge on any atom is -0.343 e. The zero-order valence-corrected chi connectivity index (χ0v) is 15.4. The Hall–Kier alpha value is -3.28. The summed E-state index contributed by atoms with van der Waals surface area (Å²) < 4.78 is 15.2. The minimum absolute atomic E-state index is 0.183. The van der Waals surface area contributed by atoms with Gasteiger partial charge in [-0.3, -0.25) is 9.78 Å². The fourth-order valence-corrected chi connectivity index (χ4v) is 4.27. The van der Waals surface area contributed by atoms with Gasteiger partial charge in [0.15, 0.2) is 5.78 Å². The Morgan fingerprint density at radius 2 is 2.00 bits per heavy atom. The molecule has 1 N–H and O–H groups in total. The minimum atomic E-state index is -0.287. The van der Waals surface area contributed by atoms with Crippen molar-refractivity contribution < 1.29 is 9.18 Å². The lowest BCUT2D eigenvalue weighted by Gasteiger charge is -2.32. The van der Waals surface area contributed by atoms with Gasteiger partial charge in [0.25, 0.3) is 0 Å². The van der Waals surface area contributed by atoms with Gasteiger partial charge in [-0.05, 0) is 55.7 Å². The van der Waals surface area contributed by atoms with E-state index in [1.807, 2.05) is 25.3 Å². The maximum absolute atomic E-state index is 13.4. The summed E-state index contributed by atoms with van der Waals surface area (Å²) in [7, 11) is 0. The first-order chi connectivity index (χ1) is 13.6. The molecule has 0 saturated carbocycles. The number of pyridine rings is 1. The molecule has 3 heterocycles. The van der Waals surface area contributed by atoms with Crippen molar-refractivity contribution in [2.24, 2.45) is 0 Å². The third kappa shape index (κ3) is 2.56. The van der Waals surface area contributed by atoms with E-state index in [-0.39, 0.29) is 17.5 Å². The summed E-state index contributed by atoms with van der Waals surface area (Å²) in [5, 5.41) is 8.20. The van der Waals surface area contributed by atoms with E-state index in [2.05, 4.69) is 10.3 Å². The zero-order valence-electron chi connectivity index (χ0n) is 15.4. The Morgan fingerprint density at radius 1 is 1.18 bits per heavy atom. The summed E-state index contributed by atoms with van der Waals surface area (Å²) in [6.45, 7) is 1.95. The van der Waals surface area contributed by atoms with E-state index in [4.69, 9.17) is 5.10 Å². The molecule has 1 aromatic carbocycles. The van der Waals surface area contributed by atoms with Gasteiger partial charge < -0.3 is 5.32 Å². The van der Waals surface area contributed by atoms with E-state index in [0.29, 0.717) is 6.42 Å². The second-order valence-corrected chi connectivity index (χ2v) is 7.25. The number of carbonyl (C=O) groups is 1. The van der Waals surface area contributed by atoms with Gasteiger partial charge in [0.2, 0.25) is 0 Å². The van der Waals surface area contributed by atoms with Crippen molar-refractivity contribution in [1.29, 1.82) is 0 Å². The molecule has 2 aromatic heterocycles. The molecular formula is C22H19FN4O. The molecule has 1 atom stereocenters. The summed E-state index contributed by atoms with van der Waals surface area (Å²) in [5.41, 5.74) is 5.36. The first-order valence-corrected chi connectivity index (χ1v) is 9.42. The molecule has 0 radical (unpaired) electrons. The predicted octanol–water partition coefficient (Wildman–Crippen LogP) is 4.28. The fraction of sp³-hybridized carbons (Fsp3) is 0.227. The highest BCUT2D eigenvalue weighted by molar-refractivity contribution is 6.01. The van der Waals surface area contributed by atoms with E-state index >= 15 is 0 Å². The number of fused-ring (bicyclic) bond motifs is 1. The van der Waals surface area contributed by atoms with Crippen LogP contribution in [0.3, 0.4) is 0 Å². The molecule has 5 rings (SSSR count). The molecule has 1 aliphatic carbocycles. The molecule has 2 aliphatic rings. The molecular weight excluding hydrogens is 355 g/mol. The maximum atomic E-state index is 13.4. The Morgan fingerprint density at radius 3 is 2.75 bits per heavy atom. The standard InChI is InChI=1S/C22H19FN4O/c1-13-19-20(14-4-3-11-24-12-14)21-17(5-2-6-18(21)28)25-22(19)27(26-13)16-9-7-15(23)8-10-16/h3-4,7-12,20,25H,2,5-6H2,1H3. The lowest BCUT2D eigenvalue weighted by atomic mass is 9.76. The number of aryl methyl sites for hydroxylation is 1. The van der Waals surface area contributed by atoms with Crippen molar-refractivity contribution in [3.05, 3.63) is 82.7 Å². The van der Waals surface area contributed by atoms with Crippen LogP contribution in [0, 0.1) is 12.7 Å². The highest BCUT2D eigenvalue weighted by atomic mass is 19.1. The van der Waals surface area contributed by atoms with Crippen LogP contribution in [0.5, 0.6) is 0 Å². The number of nitrogens with one attached hydrogen (secondary N) is 1. The molecule has 0 spiro atoms.